The molecule has 3 rings (SSSR count). The van der Waals surface area contributed by atoms with Crippen LogP contribution in [-0.2, 0) is 9.53 Å². The molecule has 4 heteroatoms. The van der Waals surface area contributed by atoms with E-state index >= 15 is 0 Å². The molecule has 0 radical (unpaired) electrons. The number of esters is 1. The van der Waals surface area contributed by atoms with Crippen molar-refractivity contribution in [1.29, 1.82) is 0 Å². The molecular formula is C20H30NO3+. The molecule has 2 fully saturated rings. The lowest BCUT2D eigenvalue weighted by atomic mass is 9.95. The molecule has 0 saturated carbocycles. The van der Waals surface area contributed by atoms with E-state index in [9.17, 15) is 9.90 Å². The van der Waals surface area contributed by atoms with E-state index in [4.69, 9.17) is 4.74 Å². The maximum atomic E-state index is 12.6. The number of hydrogen-bond donors (Lipinski definition) is 1. The van der Waals surface area contributed by atoms with E-state index in [2.05, 4.69) is 14.0 Å². The molecule has 1 aromatic rings. The predicted octanol–water partition coefficient (Wildman–Crippen LogP) is 2.86. The summed E-state index contributed by atoms with van der Waals surface area (Å²) in [6, 6.07) is 10.7. The fraction of sp³-hybridized carbons (Fsp3) is 0.650. The normalized spacial score (nSPS) is 33.2. The Hall–Kier alpha value is -1.39. The van der Waals surface area contributed by atoms with Crippen LogP contribution in [0.5, 0.6) is 0 Å². The fourth-order valence-electron chi connectivity index (χ4n) is 4.88. The summed E-state index contributed by atoms with van der Waals surface area (Å²) in [4.78, 5) is 12.6. The van der Waals surface area contributed by atoms with Gasteiger partial charge in [0.2, 0.25) is 0 Å². The van der Waals surface area contributed by atoms with Crippen LogP contribution >= 0.6 is 0 Å². The Labute approximate surface area is 145 Å². The van der Waals surface area contributed by atoms with E-state index in [1.54, 1.807) is 0 Å². The van der Waals surface area contributed by atoms with E-state index in [0.717, 1.165) is 22.9 Å². The highest BCUT2D eigenvalue weighted by Crippen LogP contribution is 2.42. The van der Waals surface area contributed by atoms with Gasteiger partial charge in [0.05, 0.1) is 32.3 Å². The van der Waals surface area contributed by atoms with E-state index in [0.29, 0.717) is 12.1 Å². The van der Waals surface area contributed by atoms with Crippen molar-refractivity contribution >= 4 is 5.97 Å². The maximum Gasteiger partial charge on any atom is 0.316 e. The highest BCUT2D eigenvalue weighted by atomic mass is 16.5. The van der Waals surface area contributed by atoms with Crippen molar-refractivity contribution in [1.82, 2.24) is 0 Å². The number of nitrogens with zero attached hydrogens (tertiary/aromatic N) is 1. The van der Waals surface area contributed by atoms with Gasteiger partial charge in [-0.3, -0.25) is 4.79 Å². The largest absolute Gasteiger partial charge is 0.461 e. The number of carbonyl (C=O) groups is 1. The molecule has 2 heterocycles. The van der Waals surface area contributed by atoms with E-state index in [1.165, 1.54) is 25.8 Å². The van der Waals surface area contributed by atoms with Crippen molar-refractivity contribution in [3.8, 4) is 0 Å². The number of carbonyl (C=O) groups excluding carboxylic acids is 1. The molecule has 0 aromatic heterocycles. The summed E-state index contributed by atoms with van der Waals surface area (Å²) < 4.78 is 7.00. The second kappa shape index (κ2) is 7.24. The van der Waals surface area contributed by atoms with Crippen molar-refractivity contribution in [2.75, 3.05) is 20.2 Å². The minimum Gasteiger partial charge on any atom is -0.461 e. The van der Waals surface area contributed by atoms with Gasteiger partial charge in [0.25, 0.3) is 0 Å². The van der Waals surface area contributed by atoms with Crippen molar-refractivity contribution in [2.24, 2.45) is 0 Å². The van der Waals surface area contributed by atoms with Crippen LogP contribution in [0.25, 0.3) is 0 Å². The van der Waals surface area contributed by atoms with Gasteiger partial charge in [0.1, 0.15) is 12.0 Å². The monoisotopic (exact) mass is 332 g/mol. The van der Waals surface area contributed by atoms with Gasteiger partial charge in [0, 0.05) is 25.7 Å². The van der Waals surface area contributed by atoms with Gasteiger partial charge in [-0.15, -0.1) is 0 Å². The standard InChI is InChI=1S/C20H30NO3/c1-3-11-21(2)16-9-10-17(21)13-18(12-16)24-20(23)19(14-22)15-7-5-4-6-8-15/h4-8,16-19,22H,3,9-14H2,1-2H3/q+1. The lowest BCUT2D eigenvalue weighted by molar-refractivity contribution is -0.949. The molecule has 2 aliphatic rings. The summed E-state index contributed by atoms with van der Waals surface area (Å²) in [6.45, 7) is 3.27. The molecule has 2 bridgehead atoms. The molecule has 0 aliphatic carbocycles. The Bertz CT molecular complexity index is 545. The minimum atomic E-state index is -0.567. The fourth-order valence-corrected chi connectivity index (χ4v) is 4.88. The molecule has 0 spiro atoms. The summed E-state index contributed by atoms with van der Waals surface area (Å²) in [5, 5.41) is 9.64. The Balaban J connectivity index is 1.64. The summed E-state index contributed by atoms with van der Waals surface area (Å²) in [6.07, 6.45) is 5.64. The molecular weight excluding hydrogens is 302 g/mol. The van der Waals surface area contributed by atoms with E-state index in [-0.39, 0.29) is 18.7 Å². The first-order valence-corrected chi connectivity index (χ1v) is 9.29. The Kier molecular flexibility index (Phi) is 5.26. The number of hydrogen-bond acceptors (Lipinski definition) is 3. The van der Waals surface area contributed by atoms with Crippen LogP contribution in [0.1, 0.15) is 50.5 Å². The third-order valence-corrected chi connectivity index (χ3v) is 6.23. The number of benzene rings is 1. The first-order chi connectivity index (χ1) is 11.6. The van der Waals surface area contributed by atoms with Crippen molar-refractivity contribution in [3.63, 3.8) is 0 Å². The van der Waals surface area contributed by atoms with Gasteiger partial charge in [-0.05, 0) is 12.0 Å². The van der Waals surface area contributed by atoms with Crippen molar-refractivity contribution in [2.45, 2.75) is 63.1 Å². The van der Waals surface area contributed by atoms with Crippen LogP contribution in [0.3, 0.4) is 0 Å². The number of piperidine rings is 1. The molecule has 2 saturated heterocycles. The van der Waals surface area contributed by atoms with Crippen molar-refractivity contribution in [3.05, 3.63) is 35.9 Å². The topological polar surface area (TPSA) is 46.5 Å². The van der Waals surface area contributed by atoms with Crippen LogP contribution in [0.2, 0.25) is 0 Å². The number of rotatable bonds is 6. The zero-order chi connectivity index (χ0) is 17.2. The molecule has 0 amide bonds. The second-order valence-corrected chi connectivity index (χ2v) is 7.63. The molecule has 1 N–H and O–H groups in total. The molecule has 24 heavy (non-hydrogen) atoms. The Morgan fingerprint density at radius 1 is 1.25 bits per heavy atom. The maximum absolute atomic E-state index is 12.6. The molecule has 132 valence electrons. The molecule has 1 aromatic carbocycles. The summed E-state index contributed by atoms with van der Waals surface area (Å²) in [7, 11) is 2.38. The van der Waals surface area contributed by atoms with Gasteiger partial charge < -0.3 is 14.3 Å². The van der Waals surface area contributed by atoms with Crippen LogP contribution in [0.15, 0.2) is 30.3 Å². The average Bonchev–Trinajstić information content (AvgIpc) is 2.75. The third kappa shape index (κ3) is 3.22. The number of aliphatic hydroxyl groups is 1. The predicted molar refractivity (Wildman–Crippen MR) is 93.5 cm³/mol. The minimum absolute atomic E-state index is 0.0100. The van der Waals surface area contributed by atoms with Crippen LogP contribution in [-0.4, -0.2) is 53.9 Å². The van der Waals surface area contributed by atoms with Gasteiger partial charge in [-0.25, -0.2) is 0 Å². The highest BCUT2D eigenvalue weighted by molar-refractivity contribution is 5.78. The lowest BCUT2D eigenvalue weighted by Gasteiger charge is -2.46. The van der Waals surface area contributed by atoms with Crippen LogP contribution < -0.4 is 0 Å². The second-order valence-electron chi connectivity index (χ2n) is 7.63. The first-order valence-electron chi connectivity index (χ1n) is 9.29. The third-order valence-electron chi connectivity index (χ3n) is 6.23. The molecule has 4 nitrogen and oxygen atoms in total. The molecule has 3 unspecified atom stereocenters. The Morgan fingerprint density at radius 2 is 1.88 bits per heavy atom. The van der Waals surface area contributed by atoms with Crippen LogP contribution in [0, 0.1) is 0 Å². The zero-order valence-corrected chi connectivity index (χ0v) is 14.9. The average molecular weight is 332 g/mol. The molecule has 3 atom stereocenters. The van der Waals surface area contributed by atoms with E-state index in [1.807, 2.05) is 30.3 Å². The van der Waals surface area contributed by atoms with Gasteiger partial charge in [-0.1, -0.05) is 37.3 Å². The van der Waals surface area contributed by atoms with Crippen molar-refractivity contribution < 1.29 is 19.1 Å². The quantitative estimate of drug-likeness (QED) is 0.644. The number of fused-ring (bicyclic) bond motifs is 2. The smallest absolute Gasteiger partial charge is 0.316 e. The lowest BCUT2D eigenvalue weighted by Crippen LogP contribution is -2.59. The SMILES string of the molecule is CCC[N+]1(C)C2CCC1CC(OC(=O)C(CO)c1ccccc1)C2. The van der Waals surface area contributed by atoms with Gasteiger partial charge in [-0.2, -0.15) is 0 Å². The highest BCUT2D eigenvalue weighted by Gasteiger charge is 2.52. The number of ether oxygens (including phenoxy) is 1. The molecule has 2 aliphatic heterocycles. The summed E-state index contributed by atoms with van der Waals surface area (Å²) in [5.41, 5.74) is 0.829. The zero-order valence-electron chi connectivity index (χ0n) is 14.9. The number of aliphatic hydroxyl groups excluding tert-OH is 1. The van der Waals surface area contributed by atoms with Gasteiger partial charge >= 0.3 is 5.97 Å². The summed E-state index contributed by atoms with van der Waals surface area (Å²) in [5.74, 6) is -0.845. The van der Waals surface area contributed by atoms with E-state index < -0.39 is 5.92 Å². The summed E-state index contributed by atoms with van der Waals surface area (Å²) >= 11 is 0. The number of quaternary nitrogens is 1. The van der Waals surface area contributed by atoms with Gasteiger partial charge in [0.15, 0.2) is 0 Å². The Morgan fingerprint density at radius 3 is 2.42 bits per heavy atom. The first kappa shape index (κ1) is 17.4. The van der Waals surface area contributed by atoms with Crippen LogP contribution in [0.4, 0.5) is 0 Å².